The summed E-state index contributed by atoms with van der Waals surface area (Å²) in [5, 5.41) is -0.639. The maximum atomic E-state index is 10.4. The zero-order chi connectivity index (χ0) is 10.3. The van der Waals surface area contributed by atoms with Crippen molar-refractivity contribution in [1.29, 1.82) is 0 Å². The number of primary amides is 2. The van der Waals surface area contributed by atoms with Crippen molar-refractivity contribution in [3.8, 4) is 0 Å². The molecule has 0 atom stereocenters. The monoisotopic (exact) mass is 198 g/mol. The molecule has 0 aliphatic heterocycles. The van der Waals surface area contributed by atoms with E-state index in [-0.39, 0.29) is 5.91 Å². The maximum absolute atomic E-state index is 10.4. The Bertz CT molecular complexity index is 283. The van der Waals surface area contributed by atoms with Crippen LogP contribution in [0.1, 0.15) is 10.4 Å². The number of rotatable bonds is 1. The summed E-state index contributed by atoms with van der Waals surface area (Å²) in [6.07, 6.45) is 0. The molecule has 4 N–H and O–H groups in total. The molecule has 0 radical (unpaired) electrons. The molecule has 0 aromatic heterocycles. The van der Waals surface area contributed by atoms with Crippen molar-refractivity contribution in [3.63, 3.8) is 0 Å². The standard InChI is InChI=1S/C7H7NO.CH3NOS/c8-7(9)6-4-2-1-3-5-6;2-1(3)4/h1-5H,(H2,8,9);(H3,2,3,4). The van der Waals surface area contributed by atoms with Gasteiger partial charge < -0.3 is 11.5 Å². The van der Waals surface area contributed by atoms with E-state index < -0.39 is 5.24 Å². The van der Waals surface area contributed by atoms with Crippen molar-refractivity contribution in [1.82, 2.24) is 0 Å². The molecule has 0 unspecified atom stereocenters. The molecule has 0 bridgehead atoms. The number of carbonyl (C=O) groups excluding carboxylic acids is 2. The minimum absolute atomic E-state index is 0.379. The highest BCUT2D eigenvalue weighted by atomic mass is 32.1. The van der Waals surface area contributed by atoms with Crippen molar-refractivity contribution in [2.24, 2.45) is 11.5 Å². The minimum Gasteiger partial charge on any atom is -0.366 e. The van der Waals surface area contributed by atoms with Gasteiger partial charge in [-0.15, -0.1) is 0 Å². The molecule has 0 aliphatic rings. The first-order chi connectivity index (χ1) is 6.04. The lowest BCUT2D eigenvalue weighted by Crippen LogP contribution is -2.09. The number of hydrogen-bond acceptors (Lipinski definition) is 2. The average Bonchev–Trinajstić information content (AvgIpc) is 2.05. The van der Waals surface area contributed by atoms with Crippen LogP contribution in [0.2, 0.25) is 0 Å². The third kappa shape index (κ3) is 6.89. The van der Waals surface area contributed by atoms with Gasteiger partial charge in [-0.1, -0.05) is 30.8 Å². The quantitative estimate of drug-likeness (QED) is 0.582. The lowest BCUT2D eigenvalue weighted by molar-refractivity contribution is 0.100. The Morgan fingerprint density at radius 2 is 1.46 bits per heavy atom. The first-order valence-corrected chi connectivity index (χ1v) is 3.82. The predicted octanol–water partition coefficient (Wildman–Crippen LogP) is 0.780. The third-order valence-electron chi connectivity index (χ3n) is 1.06. The van der Waals surface area contributed by atoms with Gasteiger partial charge in [-0.25, -0.2) is 0 Å². The molecule has 0 heterocycles. The van der Waals surface area contributed by atoms with Gasteiger partial charge in [0.05, 0.1) is 0 Å². The molecule has 0 aliphatic carbocycles. The summed E-state index contributed by atoms with van der Waals surface area (Å²) in [4.78, 5) is 19.5. The largest absolute Gasteiger partial charge is 0.366 e. The fourth-order valence-corrected chi connectivity index (χ4v) is 0.602. The average molecular weight is 198 g/mol. The van der Waals surface area contributed by atoms with Gasteiger partial charge in [-0.3, -0.25) is 9.59 Å². The van der Waals surface area contributed by atoms with Crippen LogP contribution in [0.15, 0.2) is 30.3 Å². The molecule has 0 fully saturated rings. The Labute approximate surface area is 81.3 Å². The van der Waals surface area contributed by atoms with E-state index in [4.69, 9.17) is 10.5 Å². The molecule has 2 amide bonds. The van der Waals surface area contributed by atoms with Gasteiger partial charge >= 0.3 is 0 Å². The van der Waals surface area contributed by atoms with Gasteiger partial charge in [-0.05, 0) is 12.1 Å². The molecule has 5 heteroatoms. The maximum Gasteiger partial charge on any atom is 0.273 e. The number of thiol groups is 1. The molecule has 1 rings (SSSR count). The SMILES string of the molecule is NC(=O)S.NC(=O)c1ccccc1. The number of hydrogen-bond donors (Lipinski definition) is 3. The van der Waals surface area contributed by atoms with E-state index in [2.05, 4.69) is 18.4 Å². The normalized spacial score (nSPS) is 8.08. The second kappa shape index (κ2) is 6.07. The molecule has 1 aromatic carbocycles. The van der Waals surface area contributed by atoms with Crippen LogP contribution in [0.25, 0.3) is 0 Å². The van der Waals surface area contributed by atoms with E-state index >= 15 is 0 Å². The molecule has 0 saturated heterocycles. The van der Waals surface area contributed by atoms with Crippen molar-refractivity contribution < 1.29 is 9.59 Å². The van der Waals surface area contributed by atoms with E-state index in [1.54, 1.807) is 24.3 Å². The highest BCUT2D eigenvalue weighted by Gasteiger charge is 1.93. The van der Waals surface area contributed by atoms with Crippen LogP contribution in [-0.2, 0) is 0 Å². The highest BCUT2D eigenvalue weighted by Crippen LogP contribution is 1.94. The Morgan fingerprint density at radius 3 is 1.69 bits per heavy atom. The van der Waals surface area contributed by atoms with Crippen molar-refractivity contribution >= 4 is 23.8 Å². The molecular formula is C8H10N2O2S. The van der Waals surface area contributed by atoms with Crippen LogP contribution >= 0.6 is 12.6 Å². The Hall–Kier alpha value is -1.49. The summed E-state index contributed by atoms with van der Waals surface area (Å²) in [5.41, 5.74) is 9.86. The summed E-state index contributed by atoms with van der Waals surface area (Å²) in [5.74, 6) is -0.379. The topological polar surface area (TPSA) is 86.2 Å². The Balaban J connectivity index is 0.000000310. The molecule has 1 aromatic rings. The zero-order valence-electron chi connectivity index (χ0n) is 6.81. The third-order valence-corrected chi connectivity index (χ3v) is 1.06. The van der Waals surface area contributed by atoms with Crippen molar-refractivity contribution in [2.45, 2.75) is 0 Å². The van der Waals surface area contributed by atoms with E-state index in [1.807, 2.05) is 6.07 Å². The fourth-order valence-electron chi connectivity index (χ4n) is 0.602. The van der Waals surface area contributed by atoms with E-state index in [0.717, 1.165) is 0 Å². The van der Waals surface area contributed by atoms with Gasteiger partial charge in [-0.2, -0.15) is 0 Å². The van der Waals surface area contributed by atoms with Crippen LogP contribution < -0.4 is 11.5 Å². The summed E-state index contributed by atoms with van der Waals surface area (Å²) in [6, 6.07) is 8.76. The number of amides is 2. The van der Waals surface area contributed by atoms with E-state index in [9.17, 15) is 4.79 Å². The first kappa shape index (κ1) is 11.5. The second-order valence-corrected chi connectivity index (χ2v) is 2.51. The lowest BCUT2D eigenvalue weighted by Gasteiger charge is -1.89. The smallest absolute Gasteiger partial charge is 0.273 e. The summed E-state index contributed by atoms with van der Waals surface area (Å²) < 4.78 is 0. The fraction of sp³-hybridized carbons (Fsp3) is 0. The molecular weight excluding hydrogens is 188 g/mol. The summed E-state index contributed by atoms with van der Waals surface area (Å²) in [7, 11) is 0. The molecule has 4 nitrogen and oxygen atoms in total. The Morgan fingerprint density at radius 1 is 1.08 bits per heavy atom. The number of carbonyl (C=O) groups is 2. The van der Waals surface area contributed by atoms with Crippen LogP contribution in [0, 0.1) is 0 Å². The molecule has 0 saturated carbocycles. The van der Waals surface area contributed by atoms with Gasteiger partial charge in [0.15, 0.2) is 0 Å². The predicted molar refractivity (Wildman–Crippen MR) is 53.5 cm³/mol. The van der Waals surface area contributed by atoms with Crippen LogP contribution in [-0.4, -0.2) is 11.1 Å². The highest BCUT2D eigenvalue weighted by molar-refractivity contribution is 7.96. The van der Waals surface area contributed by atoms with Gasteiger partial charge in [0.2, 0.25) is 5.91 Å². The minimum atomic E-state index is -0.639. The molecule has 13 heavy (non-hydrogen) atoms. The van der Waals surface area contributed by atoms with E-state index in [0.29, 0.717) is 5.56 Å². The number of nitrogens with two attached hydrogens (primary N) is 2. The van der Waals surface area contributed by atoms with Crippen LogP contribution in [0.4, 0.5) is 4.79 Å². The van der Waals surface area contributed by atoms with Crippen molar-refractivity contribution in [3.05, 3.63) is 35.9 Å². The number of benzene rings is 1. The zero-order valence-corrected chi connectivity index (χ0v) is 7.70. The summed E-state index contributed by atoms with van der Waals surface area (Å²) in [6.45, 7) is 0. The van der Waals surface area contributed by atoms with Crippen LogP contribution in [0.3, 0.4) is 0 Å². The first-order valence-electron chi connectivity index (χ1n) is 3.37. The van der Waals surface area contributed by atoms with Gasteiger partial charge in [0.25, 0.3) is 5.24 Å². The second-order valence-electron chi connectivity index (χ2n) is 2.07. The molecule has 70 valence electrons. The van der Waals surface area contributed by atoms with Gasteiger partial charge in [0.1, 0.15) is 0 Å². The van der Waals surface area contributed by atoms with E-state index in [1.165, 1.54) is 0 Å². The van der Waals surface area contributed by atoms with Crippen LogP contribution in [0.5, 0.6) is 0 Å². The van der Waals surface area contributed by atoms with Crippen molar-refractivity contribution in [2.75, 3.05) is 0 Å². The summed E-state index contributed by atoms with van der Waals surface area (Å²) >= 11 is 3.10. The van der Waals surface area contributed by atoms with Gasteiger partial charge in [0, 0.05) is 5.56 Å². The lowest BCUT2D eigenvalue weighted by atomic mass is 10.2. The molecule has 0 spiro atoms. The Kier molecular flexibility index (Phi) is 5.38.